The highest BCUT2D eigenvalue weighted by molar-refractivity contribution is 7.13. The number of aliphatic hydroxyl groups excluding tert-OH is 1. The first-order valence-corrected chi connectivity index (χ1v) is 26.9. The number of ether oxygens (including phenoxy) is 2. The molecule has 0 aliphatic carbocycles. The Balaban J connectivity index is 0.737. The van der Waals surface area contributed by atoms with Crippen LogP contribution in [-0.4, -0.2) is 117 Å². The Bertz CT molecular complexity index is 2820. The van der Waals surface area contributed by atoms with Gasteiger partial charge in [0.15, 0.2) is 0 Å². The van der Waals surface area contributed by atoms with Gasteiger partial charge in [-0.2, -0.15) is 5.10 Å². The fourth-order valence-electron chi connectivity index (χ4n) is 10.2. The number of β-amino-alcohol motifs (C(OH)–C–C–N with tert-alkyl or cyclic N) is 1. The van der Waals surface area contributed by atoms with E-state index in [1.807, 2.05) is 113 Å². The van der Waals surface area contributed by atoms with Crippen LogP contribution in [0.5, 0.6) is 11.5 Å². The number of aromatic nitrogens is 3. The lowest BCUT2D eigenvalue weighted by atomic mass is 9.85. The molecule has 0 spiro atoms. The van der Waals surface area contributed by atoms with Crippen LogP contribution in [0.2, 0.25) is 5.02 Å². The van der Waals surface area contributed by atoms with E-state index in [2.05, 4.69) is 55.9 Å². The lowest BCUT2D eigenvalue weighted by Gasteiger charge is -2.35. The first-order valence-electron chi connectivity index (χ1n) is 25.7. The summed E-state index contributed by atoms with van der Waals surface area (Å²) >= 11 is 8.01. The number of thiazole rings is 1. The average molecular weight is 1030 g/mol. The molecule has 73 heavy (non-hydrogen) atoms. The van der Waals surface area contributed by atoms with Gasteiger partial charge in [0, 0.05) is 75.5 Å². The molecule has 2 fully saturated rings. The summed E-state index contributed by atoms with van der Waals surface area (Å²) in [5.41, 5.74) is 11.9. The number of hydrogen-bond donors (Lipinski definition) is 4. The summed E-state index contributed by atoms with van der Waals surface area (Å²) in [6, 6.07) is 27.2. The molecule has 2 aromatic heterocycles. The Hall–Kier alpha value is -5.61. The van der Waals surface area contributed by atoms with E-state index in [-0.39, 0.29) is 36.6 Å². The van der Waals surface area contributed by atoms with Crippen LogP contribution in [-0.2, 0) is 40.8 Å². The molecule has 2 saturated heterocycles. The quantitative estimate of drug-likeness (QED) is 0.0544. The minimum atomic E-state index is -0.767. The number of halogens is 1. The van der Waals surface area contributed by atoms with Crippen LogP contribution in [0.15, 0.2) is 90.4 Å². The zero-order valence-electron chi connectivity index (χ0n) is 43.4. The Morgan fingerprint density at radius 3 is 2.32 bits per heavy atom. The van der Waals surface area contributed by atoms with Crippen LogP contribution in [0.3, 0.4) is 0 Å². The zero-order valence-corrected chi connectivity index (χ0v) is 45.0. The van der Waals surface area contributed by atoms with Crippen molar-refractivity contribution >= 4 is 34.8 Å². The second-order valence-electron chi connectivity index (χ2n) is 20.9. The van der Waals surface area contributed by atoms with Gasteiger partial charge in [-0.15, -0.1) is 11.3 Å². The molecule has 0 unspecified atom stereocenters. The number of benzene rings is 4. The molecule has 0 saturated carbocycles. The maximum atomic E-state index is 14.1. The van der Waals surface area contributed by atoms with E-state index in [1.54, 1.807) is 16.2 Å². The van der Waals surface area contributed by atoms with Gasteiger partial charge in [0.25, 0.3) is 0 Å². The van der Waals surface area contributed by atoms with Crippen molar-refractivity contribution in [1.29, 1.82) is 0 Å². The summed E-state index contributed by atoms with van der Waals surface area (Å²) in [6.07, 6.45) is 3.97. The number of likely N-dealkylation sites (tertiary alicyclic amines) is 2. The van der Waals surface area contributed by atoms with E-state index >= 15 is 0 Å². The minimum Gasteiger partial charge on any atom is -0.507 e. The van der Waals surface area contributed by atoms with Crippen LogP contribution < -0.4 is 15.4 Å². The summed E-state index contributed by atoms with van der Waals surface area (Å²) in [5.74, 6) is 0.667. The van der Waals surface area contributed by atoms with Gasteiger partial charge in [0.2, 0.25) is 11.8 Å². The molecule has 4 heterocycles. The smallest absolute Gasteiger partial charge is 0.243 e. The van der Waals surface area contributed by atoms with Crippen LogP contribution >= 0.6 is 22.9 Å². The van der Waals surface area contributed by atoms with Crippen LogP contribution in [0.4, 0.5) is 0 Å². The molecule has 4 aromatic carbocycles. The standard InChI is InChI=1S/C58H72ClN7O6S/c1-37-31-44(18-22-49(37)59)52-42(17-21-48(53(52)68)50-32-38(2)63-64(50)7)14-9-40-12-19-46(20-13-40)72-47-23-27-65(28-24-47)26-8-29-71-30-25-60-55(58(4,5)6)57(70)66-35-45(67)33-51(66)56(69)61-34-41-10-15-43(16-11-41)54-39(3)62-36-73-54/h10-13,15-22,31-32,36,45,47,51,55,60,67-68H,8-9,14,23-30,33-35H2,1-7H3,(H,61,69)/t45-,51+,55-/m1/s1. The van der Waals surface area contributed by atoms with Crippen molar-refractivity contribution in [2.75, 3.05) is 45.9 Å². The van der Waals surface area contributed by atoms with Gasteiger partial charge in [-0.3, -0.25) is 14.3 Å². The number of aromatic hydroxyl groups is 1. The number of phenolic OH excluding ortho intramolecular Hbond substituents is 1. The van der Waals surface area contributed by atoms with E-state index in [1.165, 1.54) is 5.56 Å². The summed E-state index contributed by atoms with van der Waals surface area (Å²) in [7, 11) is 1.90. The molecule has 0 radical (unpaired) electrons. The second kappa shape index (κ2) is 24.2. The number of rotatable bonds is 20. The van der Waals surface area contributed by atoms with Crippen molar-refractivity contribution in [3.05, 3.63) is 129 Å². The fraction of sp³-hybridized carbons (Fsp3) is 0.448. The molecule has 3 atom stereocenters. The molecule has 2 aliphatic rings. The Kier molecular flexibility index (Phi) is 17.8. The van der Waals surface area contributed by atoms with Gasteiger partial charge >= 0.3 is 0 Å². The third-order valence-electron chi connectivity index (χ3n) is 14.2. The van der Waals surface area contributed by atoms with Crippen molar-refractivity contribution in [1.82, 2.24) is 35.2 Å². The van der Waals surface area contributed by atoms with E-state index in [0.29, 0.717) is 31.3 Å². The molecule has 4 N–H and O–H groups in total. The maximum absolute atomic E-state index is 14.1. The van der Waals surface area contributed by atoms with Crippen molar-refractivity contribution < 1.29 is 29.3 Å². The fourth-order valence-corrected chi connectivity index (χ4v) is 11.1. The zero-order chi connectivity index (χ0) is 51.8. The first-order chi connectivity index (χ1) is 35.0. The van der Waals surface area contributed by atoms with E-state index < -0.39 is 23.6 Å². The van der Waals surface area contributed by atoms with Crippen molar-refractivity contribution in [2.24, 2.45) is 12.5 Å². The first kappa shape index (κ1) is 53.7. The Morgan fingerprint density at radius 2 is 1.64 bits per heavy atom. The lowest BCUT2D eigenvalue weighted by Crippen LogP contribution is -2.57. The van der Waals surface area contributed by atoms with Gasteiger partial charge in [-0.05, 0) is 128 Å². The van der Waals surface area contributed by atoms with Gasteiger partial charge < -0.3 is 40.1 Å². The number of nitrogens with zero attached hydrogens (tertiary/aromatic N) is 5. The molecular formula is C58H72ClN7O6S. The number of carbonyl (C=O) groups excluding carboxylic acids is 2. The Morgan fingerprint density at radius 1 is 0.918 bits per heavy atom. The normalized spacial score (nSPS) is 17.0. The summed E-state index contributed by atoms with van der Waals surface area (Å²) in [6.45, 7) is 16.8. The largest absolute Gasteiger partial charge is 0.507 e. The molecule has 6 aromatic rings. The van der Waals surface area contributed by atoms with Crippen molar-refractivity contribution in [2.45, 2.75) is 111 Å². The number of nitrogens with one attached hydrogen (secondary N) is 2. The monoisotopic (exact) mass is 1030 g/mol. The predicted molar refractivity (Wildman–Crippen MR) is 291 cm³/mol. The summed E-state index contributed by atoms with van der Waals surface area (Å²) in [4.78, 5) is 37.1. The number of hydrogen-bond acceptors (Lipinski definition) is 11. The molecule has 2 amide bonds. The highest BCUT2D eigenvalue weighted by atomic mass is 35.5. The van der Waals surface area contributed by atoms with Gasteiger partial charge in [-0.25, -0.2) is 4.98 Å². The van der Waals surface area contributed by atoms with Crippen LogP contribution in [0, 0.1) is 26.2 Å². The SMILES string of the molecule is Cc1cc(-c2ccc(CCc3ccc(OC4CCN(CCCOCCN[C@H](C(=O)N5C[C@H](O)C[C@H]5C(=O)NCc5ccc(-c6scnc6C)cc5)C(C)(C)C)CC4)cc3)c(-c3ccc(Cl)c(C)c3)c2O)n(C)n1. The number of piperidine rings is 1. The highest BCUT2D eigenvalue weighted by Crippen LogP contribution is 2.42. The van der Waals surface area contributed by atoms with Gasteiger partial charge in [0.1, 0.15) is 23.6 Å². The van der Waals surface area contributed by atoms with E-state index in [0.717, 1.165) is 118 Å². The van der Waals surface area contributed by atoms with Gasteiger partial charge in [-0.1, -0.05) is 80.9 Å². The van der Waals surface area contributed by atoms with E-state index in [4.69, 9.17) is 21.1 Å². The molecule has 0 bridgehead atoms. The molecular weight excluding hydrogens is 958 g/mol. The lowest BCUT2D eigenvalue weighted by molar-refractivity contribution is -0.142. The topological polar surface area (TPSA) is 154 Å². The predicted octanol–water partition coefficient (Wildman–Crippen LogP) is 9.48. The van der Waals surface area contributed by atoms with Gasteiger partial charge in [0.05, 0.1) is 46.2 Å². The third kappa shape index (κ3) is 13.6. The number of aryl methyl sites for hydroxylation is 6. The van der Waals surface area contributed by atoms with Crippen molar-refractivity contribution in [3.8, 4) is 44.3 Å². The Labute approximate surface area is 439 Å². The molecule has 2 aliphatic heterocycles. The molecule has 8 rings (SSSR count). The molecule has 13 nitrogen and oxygen atoms in total. The summed E-state index contributed by atoms with van der Waals surface area (Å²) < 4.78 is 14.3. The van der Waals surface area contributed by atoms with Crippen LogP contribution in [0.1, 0.15) is 80.1 Å². The number of aliphatic hydroxyl groups is 1. The molecule has 388 valence electrons. The summed E-state index contributed by atoms with van der Waals surface area (Å²) in [5, 5.41) is 34.1. The maximum Gasteiger partial charge on any atom is 0.243 e. The number of amides is 2. The second-order valence-corrected chi connectivity index (χ2v) is 22.1. The average Bonchev–Trinajstić information content (AvgIpc) is 4.08. The minimum absolute atomic E-state index is 0.119. The van der Waals surface area contributed by atoms with Crippen LogP contribution in [0.25, 0.3) is 32.8 Å². The highest BCUT2D eigenvalue weighted by Gasteiger charge is 2.43. The third-order valence-corrected chi connectivity index (χ3v) is 15.6. The number of phenols is 1. The number of carbonyl (C=O) groups is 2. The van der Waals surface area contributed by atoms with E-state index in [9.17, 15) is 19.8 Å². The molecule has 15 heteroatoms. The van der Waals surface area contributed by atoms with Crippen molar-refractivity contribution in [3.63, 3.8) is 0 Å².